The normalized spacial score (nSPS) is 20.8. The molecule has 5 rings (SSSR count). The van der Waals surface area contributed by atoms with E-state index in [1.54, 1.807) is 19.5 Å². The number of carbonyl (C=O) groups is 2. The van der Waals surface area contributed by atoms with Crippen molar-refractivity contribution in [2.45, 2.75) is 51.0 Å². The Hall–Kier alpha value is -2.80. The van der Waals surface area contributed by atoms with Gasteiger partial charge in [0.2, 0.25) is 5.91 Å². The quantitative estimate of drug-likeness (QED) is 0.697. The van der Waals surface area contributed by atoms with Crippen molar-refractivity contribution >= 4 is 17.7 Å². The molecule has 4 heterocycles. The molecule has 3 aliphatic rings. The number of piperidine rings is 2. The average molecular weight is 452 g/mol. The van der Waals surface area contributed by atoms with Crippen LogP contribution in [-0.2, 0) is 14.9 Å². The molecule has 3 aliphatic heterocycles. The van der Waals surface area contributed by atoms with E-state index in [0.717, 1.165) is 75.2 Å². The molecule has 0 atom stereocenters. The van der Waals surface area contributed by atoms with Gasteiger partial charge in [-0.3, -0.25) is 4.79 Å². The van der Waals surface area contributed by atoms with Gasteiger partial charge in [-0.1, -0.05) is 6.07 Å². The third kappa shape index (κ3) is 4.03. The van der Waals surface area contributed by atoms with E-state index >= 15 is 0 Å². The van der Waals surface area contributed by atoms with Crippen LogP contribution in [0.2, 0.25) is 0 Å². The fraction of sp³-hybridized carbons (Fsp3) is 0.538. The maximum absolute atomic E-state index is 12.5. The first kappa shape index (κ1) is 22.0. The van der Waals surface area contributed by atoms with Crippen LogP contribution in [0.15, 0.2) is 41.2 Å². The van der Waals surface area contributed by atoms with Gasteiger partial charge in [-0.2, -0.15) is 0 Å². The number of likely N-dealkylation sites (tertiary alicyclic amines) is 2. The lowest BCUT2D eigenvalue weighted by Crippen LogP contribution is -2.52. The number of benzene rings is 1. The van der Waals surface area contributed by atoms with Gasteiger partial charge in [0.1, 0.15) is 0 Å². The van der Waals surface area contributed by atoms with Crippen molar-refractivity contribution in [1.82, 2.24) is 9.80 Å². The van der Waals surface area contributed by atoms with E-state index in [0.29, 0.717) is 12.6 Å². The number of amides is 2. The molecule has 176 valence electrons. The summed E-state index contributed by atoms with van der Waals surface area (Å²) < 4.78 is 10.5. The van der Waals surface area contributed by atoms with E-state index in [9.17, 15) is 9.59 Å². The Morgan fingerprint density at radius 1 is 1.09 bits per heavy atom. The van der Waals surface area contributed by atoms with E-state index in [1.165, 1.54) is 5.56 Å². The summed E-state index contributed by atoms with van der Waals surface area (Å²) in [5.41, 5.74) is 4.57. The van der Waals surface area contributed by atoms with E-state index in [-0.39, 0.29) is 17.4 Å². The molecule has 2 saturated heterocycles. The number of rotatable bonds is 3. The van der Waals surface area contributed by atoms with Crippen LogP contribution in [-0.4, -0.2) is 67.2 Å². The van der Waals surface area contributed by atoms with Crippen molar-refractivity contribution < 1.29 is 18.7 Å². The van der Waals surface area contributed by atoms with Gasteiger partial charge in [-0.25, -0.2) is 4.79 Å². The van der Waals surface area contributed by atoms with Crippen LogP contribution in [0.5, 0.6) is 0 Å². The zero-order valence-electron chi connectivity index (χ0n) is 19.6. The Bertz CT molecular complexity index is 1000. The van der Waals surface area contributed by atoms with Crippen LogP contribution in [0, 0.1) is 0 Å². The molecule has 2 aromatic rings. The second-order valence-corrected chi connectivity index (χ2v) is 9.58. The molecule has 0 saturated carbocycles. The number of hydrogen-bond donors (Lipinski definition) is 0. The second kappa shape index (κ2) is 8.86. The third-order valence-corrected chi connectivity index (χ3v) is 7.82. The molecule has 2 fully saturated rings. The zero-order valence-corrected chi connectivity index (χ0v) is 19.6. The van der Waals surface area contributed by atoms with Crippen molar-refractivity contribution in [2.24, 2.45) is 0 Å². The van der Waals surface area contributed by atoms with Gasteiger partial charge in [0.15, 0.2) is 0 Å². The first-order valence-corrected chi connectivity index (χ1v) is 12.1. The van der Waals surface area contributed by atoms with Gasteiger partial charge in [0, 0.05) is 49.3 Å². The zero-order chi connectivity index (χ0) is 23.0. The molecule has 7 nitrogen and oxygen atoms in total. The minimum atomic E-state index is -0.186. The standard InChI is InChI=1S/C26H33N3O4/c1-3-33-25(31)28-11-6-22(7-12-28)27-13-9-26(10-14-27)18-29(19(2)30)24-5-4-20(16-23(24)26)21-8-15-32-17-21/h4-5,8,15-17,22H,3,6-7,9-14,18H2,1-2H3. The number of fused-ring (bicyclic) bond motifs is 2. The van der Waals surface area contributed by atoms with Gasteiger partial charge in [-0.05, 0) is 75.0 Å². The Labute approximate surface area is 195 Å². The van der Waals surface area contributed by atoms with Crippen molar-refractivity contribution in [3.8, 4) is 11.1 Å². The molecule has 7 heteroatoms. The van der Waals surface area contributed by atoms with E-state index in [4.69, 9.17) is 9.15 Å². The SMILES string of the molecule is CCOC(=O)N1CCC(N2CCC3(CC2)CN(C(C)=O)c2ccc(-c4ccoc4)cc23)CC1. The molecule has 0 aliphatic carbocycles. The predicted molar refractivity (Wildman–Crippen MR) is 126 cm³/mol. The smallest absolute Gasteiger partial charge is 0.409 e. The number of ether oxygens (including phenoxy) is 1. The van der Waals surface area contributed by atoms with Crippen LogP contribution in [0.4, 0.5) is 10.5 Å². The molecule has 33 heavy (non-hydrogen) atoms. The highest BCUT2D eigenvalue weighted by Gasteiger charge is 2.46. The van der Waals surface area contributed by atoms with Gasteiger partial charge < -0.3 is 23.9 Å². The van der Waals surface area contributed by atoms with Crippen LogP contribution in [0.1, 0.15) is 45.1 Å². The van der Waals surface area contributed by atoms with Crippen LogP contribution >= 0.6 is 0 Å². The maximum Gasteiger partial charge on any atom is 0.409 e. The number of anilines is 1. The Balaban J connectivity index is 1.30. The van der Waals surface area contributed by atoms with Gasteiger partial charge in [0.25, 0.3) is 0 Å². The Morgan fingerprint density at radius 3 is 2.48 bits per heavy atom. The van der Waals surface area contributed by atoms with Crippen molar-refractivity contribution in [1.29, 1.82) is 0 Å². The maximum atomic E-state index is 12.5. The highest BCUT2D eigenvalue weighted by Crippen LogP contribution is 2.48. The summed E-state index contributed by atoms with van der Waals surface area (Å²) >= 11 is 0. The molecule has 0 radical (unpaired) electrons. The second-order valence-electron chi connectivity index (χ2n) is 9.58. The van der Waals surface area contributed by atoms with Crippen LogP contribution in [0.25, 0.3) is 11.1 Å². The minimum absolute atomic E-state index is 0.00286. The lowest BCUT2D eigenvalue weighted by atomic mass is 9.73. The van der Waals surface area contributed by atoms with Gasteiger partial charge >= 0.3 is 6.09 Å². The lowest BCUT2D eigenvalue weighted by Gasteiger charge is -2.45. The molecule has 1 spiro atoms. The molecule has 1 aromatic heterocycles. The van der Waals surface area contributed by atoms with Crippen molar-refractivity contribution in [2.75, 3.05) is 44.2 Å². The lowest BCUT2D eigenvalue weighted by molar-refractivity contribution is -0.116. The number of furan rings is 1. The highest BCUT2D eigenvalue weighted by molar-refractivity contribution is 5.95. The largest absolute Gasteiger partial charge is 0.472 e. The Morgan fingerprint density at radius 2 is 1.85 bits per heavy atom. The van der Waals surface area contributed by atoms with Gasteiger partial charge in [0.05, 0.1) is 19.1 Å². The van der Waals surface area contributed by atoms with Crippen LogP contribution in [0.3, 0.4) is 0 Å². The topological polar surface area (TPSA) is 66.2 Å². The highest BCUT2D eigenvalue weighted by atomic mass is 16.6. The molecule has 2 amide bonds. The number of nitrogens with zero attached hydrogens (tertiary/aromatic N) is 3. The molecule has 1 aromatic carbocycles. The summed E-state index contributed by atoms with van der Waals surface area (Å²) in [4.78, 5) is 30.9. The summed E-state index contributed by atoms with van der Waals surface area (Å²) in [5, 5.41) is 0. The van der Waals surface area contributed by atoms with E-state index < -0.39 is 0 Å². The number of hydrogen-bond acceptors (Lipinski definition) is 5. The molecule has 0 N–H and O–H groups in total. The van der Waals surface area contributed by atoms with E-state index in [2.05, 4.69) is 23.1 Å². The van der Waals surface area contributed by atoms with Crippen molar-refractivity contribution in [3.63, 3.8) is 0 Å². The molecule has 0 unspecified atom stereocenters. The summed E-state index contributed by atoms with van der Waals surface area (Å²) in [7, 11) is 0. The molecular weight excluding hydrogens is 418 g/mol. The average Bonchev–Trinajstić information content (AvgIpc) is 3.47. The number of carbonyl (C=O) groups excluding carboxylic acids is 2. The summed E-state index contributed by atoms with van der Waals surface area (Å²) in [5.74, 6) is 0.109. The summed E-state index contributed by atoms with van der Waals surface area (Å²) in [6.45, 7) is 8.27. The fourth-order valence-corrected chi connectivity index (χ4v) is 5.93. The monoisotopic (exact) mass is 451 g/mol. The fourth-order valence-electron chi connectivity index (χ4n) is 5.93. The molecular formula is C26H33N3O4. The predicted octanol–water partition coefficient (Wildman–Crippen LogP) is 4.27. The first-order valence-electron chi connectivity index (χ1n) is 12.1. The summed E-state index contributed by atoms with van der Waals surface area (Å²) in [6, 6.07) is 8.96. The third-order valence-electron chi connectivity index (χ3n) is 7.82. The van der Waals surface area contributed by atoms with Crippen molar-refractivity contribution in [3.05, 3.63) is 42.4 Å². The van der Waals surface area contributed by atoms with Gasteiger partial charge in [-0.15, -0.1) is 0 Å². The first-order chi connectivity index (χ1) is 16.0. The Kier molecular flexibility index (Phi) is 5.91. The van der Waals surface area contributed by atoms with Crippen LogP contribution < -0.4 is 4.90 Å². The molecule has 0 bridgehead atoms. The minimum Gasteiger partial charge on any atom is -0.472 e. The summed E-state index contributed by atoms with van der Waals surface area (Å²) in [6.07, 6.45) is 7.35. The van der Waals surface area contributed by atoms with E-state index in [1.807, 2.05) is 22.8 Å².